The van der Waals surface area contributed by atoms with E-state index in [4.69, 9.17) is 0 Å². The van der Waals surface area contributed by atoms with Crippen LogP contribution in [0.15, 0.2) is 0 Å². The Morgan fingerprint density at radius 3 is 1.90 bits per heavy atom. The van der Waals surface area contributed by atoms with Gasteiger partial charge in [0.2, 0.25) is 0 Å². The van der Waals surface area contributed by atoms with E-state index in [2.05, 4.69) is 22.2 Å². The lowest BCUT2D eigenvalue weighted by Crippen LogP contribution is -2.08. The van der Waals surface area contributed by atoms with Crippen LogP contribution >= 0.6 is 0 Å². The van der Waals surface area contributed by atoms with Crippen LogP contribution in [0.3, 0.4) is 0 Å². The van der Waals surface area contributed by atoms with E-state index in [1.54, 1.807) is 0 Å². The highest BCUT2D eigenvalue weighted by atomic mass is 32.3. The Kier molecular flexibility index (Phi) is 13.4. The number of hydrogen-bond donors (Lipinski definition) is 0. The molecule has 0 bridgehead atoms. The largest absolute Gasteiger partial charge is 0.399 e. The predicted molar refractivity (Wildman–Crippen MR) is 87.5 cm³/mol. The van der Waals surface area contributed by atoms with E-state index in [9.17, 15) is 8.42 Å². The second kappa shape index (κ2) is 13.5. The van der Waals surface area contributed by atoms with Crippen LogP contribution in [0.25, 0.3) is 0 Å². The van der Waals surface area contributed by atoms with E-state index in [1.165, 1.54) is 51.4 Å². The number of unbranched alkanes of at least 4 members (excludes halogenated alkanes) is 7. The van der Waals surface area contributed by atoms with Crippen molar-refractivity contribution in [2.24, 2.45) is 5.92 Å². The Bertz CT molecular complexity index is 314. The topological polar surface area (TPSA) is 52.6 Å². The van der Waals surface area contributed by atoms with Gasteiger partial charge in [-0.2, -0.15) is 8.42 Å². The van der Waals surface area contributed by atoms with Crippen LogP contribution in [0.4, 0.5) is 0 Å². The molecule has 0 saturated carbocycles. The van der Waals surface area contributed by atoms with E-state index in [0.29, 0.717) is 0 Å². The molecule has 128 valence electrons. The second-order valence-corrected chi connectivity index (χ2v) is 7.29. The smallest absolute Gasteiger partial charge is 0.252 e. The quantitative estimate of drug-likeness (QED) is 0.405. The Hall–Kier alpha value is -0.130. The molecule has 0 saturated heterocycles. The van der Waals surface area contributed by atoms with Crippen LogP contribution in [-0.4, -0.2) is 22.1 Å². The molecule has 0 amide bonds. The van der Waals surface area contributed by atoms with Crippen molar-refractivity contribution in [3.05, 3.63) is 0 Å². The highest BCUT2D eigenvalue weighted by Gasteiger charge is 2.07. The molecule has 0 aromatic rings. The molecule has 0 radical (unpaired) electrons. The summed E-state index contributed by atoms with van der Waals surface area (Å²) in [5.41, 5.74) is 0. The Balaban J connectivity index is 3.30. The molecule has 0 aromatic heterocycles. The van der Waals surface area contributed by atoms with Gasteiger partial charge in [-0.25, -0.2) is 4.18 Å². The minimum atomic E-state index is -3.74. The molecule has 4 nitrogen and oxygen atoms in total. The standard InChI is InChI=1S/C16H34O4S/c1-4-5-6-7-10-13-16(2)14-11-8-9-12-15-20-21(17,18)19-3/h16H,4-15H2,1-3H3. The van der Waals surface area contributed by atoms with E-state index in [-0.39, 0.29) is 6.61 Å². The third-order valence-electron chi connectivity index (χ3n) is 3.82. The van der Waals surface area contributed by atoms with Crippen molar-refractivity contribution in [3.8, 4) is 0 Å². The Morgan fingerprint density at radius 2 is 1.38 bits per heavy atom. The van der Waals surface area contributed by atoms with E-state index in [1.807, 2.05) is 0 Å². The Labute approximate surface area is 131 Å². The molecular weight excluding hydrogens is 288 g/mol. The van der Waals surface area contributed by atoms with Gasteiger partial charge < -0.3 is 0 Å². The number of rotatable bonds is 15. The fourth-order valence-electron chi connectivity index (χ4n) is 2.40. The summed E-state index contributed by atoms with van der Waals surface area (Å²) in [6.45, 7) is 4.82. The first-order valence-corrected chi connectivity index (χ1v) is 9.80. The molecule has 1 unspecified atom stereocenters. The van der Waals surface area contributed by atoms with Crippen LogP contribution in [0.2, 0.25) is 0 Å². The average Bonchev–Trinajstić information content (AvgIpc) is 2.46. The lowest BCUT2D eigenvalue weighted by Gasteiger charge is -2.11. The second-order valence-electron chi connectivity index (χ2n) is 5.91. The lowest BCUT2D eigenvalue weighted by atomic mass is 9.96. The first-order chi connectivity index (χ1) is 10.0. The molecule has 0 fully saturated rings. The average molecular weight is 323 g/mol. The van der Waals surface area contributed by atoms with Gasteiger partial charge in [-0.05, 0) is 12.3 Å². The minimum Gasteiger partial charge on any atom is -0.252 e. The lowest BCUT2D eigenvalue weighted by molar-refractivity contribution is 0.238. The van der Waals surface area contributed by atoms with Gasteiger partial charge >= 0.3 is 10.4 Å². The van der Waals surface area contributed by atoms with E-state index < -0.39 is 10.4 Å². The molecule has 0 spiro atoms. The summed E-state index contributed by atoms with van der Waals surface area (Å²) < 4.78 is 30.6. The molecule has 1 atom stereocenters. The SMILES string of the molecule is CCCCCCCC(C)CCCCCCOS(=O)(=O)OC. The van der Waals surface area contributed by atoms with Crippen LogP contribution in [0, 0.1) is 5.92 Å². The molecule has 0 heterocycles. The summed E-state index contributed by atoms with van der Waals surface area (Å²) >= 11 is 0. The van der Waals surface area contributed by atoms with E-state index in [0.717, 1.165) is 32.3 Å². The highest BCUT2D eigenvalue weighted by Crippen LogP contribution is 2.17. The van der Waals surface area contributed by atoms with Crippen molar-refractivity contribution in [2.45, 2.75) is 84.5 Å². The van der Waals surface area contributed by atoms with Gasteiger partial charge in [0.15, 0.2) is 0 Å². The molecule has 0 aliphatic heterocycles. The normalized spacial score (nSPS) is 13.5. The van der Waals surface area contributed by atoms with Gasteiger partial charge in [0.05, 0.1) is 13.7 Å². The fraction of sp³-hybridized carbons (Fsp3) is 1.00. The van der Waals surface area contributed by atoms with Gasteiger partial charge in [0.1, 0.15) is 0 Å². The fourth-order valence-corrected chi connectivity index (χ4v) is 2.82. The zero-order chi connectivity index (χ0) is 16.0. The summed E-state index contributed by atoms with van der Waals surface area (Å²) in [5.74, 6) is 0.816. The van der Waals surface area contributed by atoms with Crippen molar-refractivity contribution >= 4 is 10.4 Å². The summed E-state index contributed by atoms with van der Waals surface area (Å²) in [7, 11) is -2.63. The van der Waals surface area contributed by atoms with Gasteiger partial charge in [0, 0.05) is 0 Å². The van der Waals surface area contributed by atoms with Gasteiger partial charge in [-0.1, -0.05) is 78.1 Å². The van der Waals surface area contributed by atoms with Gasteiger partial charge in [0.25, 0.3) is 0 Å². The third kappa shape index (κ3) is 14.6. The molecule has 21 heavy (non-hydrogen) atoms. The maximum atomic E-state index is 10.9. The first kappa shape index (κ1) is 20.9. The third-order valence-corrected chi connectivity index (χ3v) is 4.69. The van der Waals surface area contributed by atoms with E-state index >= 15 is 0 Å². The summed E-state index contributed by atoms with van der Waals surface area (Å²) in [6, 6.07) is 0. The molecule has 5 heteroatoms. The monoisotopic (exact) mass is 322 g/mol. The maximum absolute atomic E-state index is 10.9. The maximum Gasteiger partial charge on any atom is 0.399 e. The van der Waals surface area contributed by atoms with Crippen molar-refractivity contribution in [1.29, 1.82) is 0 Å². The number of hydrogen-bond acceptors (Lipinski definition) is 4. The first-order valence-electron chi connectivity index (χ1n) is 8.46. The zero-order valence-corrected chi connectivity index (χ0v) is 14.9. The predicted octanol–water partition coefficient (Wildman–Crippen LogP) is 4.84. The molecule has 0 aliphatic carbocycles. The van der Waals surface area contributed by atoms with Crippen LogP contribution in [0.5, 0.6) is 0 Å². The molecule has 0 rings (SSSR count). The van der Waals surface area contributed by atoms with Crippen LogP contribution in [0.1, 0.15) is 84.5 Å². The van der Waals surface area contributed by atoms with Crippen molar-refractivity contribution < 1.29 is 16.8 Å². The highest BCUT2D eigenvalue weighted by molar-refractivity contribution is 7.81. The van der Waals surface area contributed by atoms with Crippen LogP contribution in [-0.2, 0) is 18.8 Å². The molecule has 0 N–H and O–H groups in total. The van der Waals surface area contributed by atoms with Crippen LogP contribution < -0.4 is 0 Å². The summed E-state index contributed by atoms with van der Waals surface area (Å²) in [6.07, 6.45) is 13.6. The van der Waals surface area contributed by atoms with Crippen molar-refractivity contribution in [2.75, 3.05) is 13.7 Å². The van der Waals surface area contributed by atoms with Crippen molar-refractivity contribution in [3.63, 3.8) is 0 Å². The molecule has 0 aliphatic rings. The summed E-state index contributed by atoms with van der Waals surface area (Å²) in [4.78, 5) is 0. The Morgan fingerprint density at radius 1 is 0.857 bits per heavy atom. The van der Waals surface area contributed by atoms with Crippen molar-refractivity contribution in [1.82, 2.24) is 0 Å². The van der Waals surface area contributed by atoms with Gasteiger partial charge in [-0.15, -0.1) is 0 Å². The summed E-state index contributed by atoms with van der Waals surface area (Å²) in [5, 5.41) is 0. The molecular formula is C16H34O4S. The zero-order valence-electron chi connectivity index (χ0n) is 14.1. The molecule has 0 aromatic carbocycles. The minimum absolute atomic E-state index is 0.225. The van der Waals surface area contributed by atoms with Gasteiger partial charge in [-0.3, -0.25) is 4.18 Å².